The average molecular weight is 346 g/mol. The zero-order valence-electron chi connectivity index (χ0n) is 15.3. The molecule has 0 fully saturated rings. The lowest BCUT2D eigenvalue weighted by molar-refractivity contribution is 0.182. The molecular weight excluding hydrogens is 320 g/mol. The van der Waals surface area contributed by atoms with Gasteiger partial charge in [0.05, 0.1) is 6.10 Å². The van der Waals surface area contributed by atoms with Crippen LogP contribution in [0.15, 0.2) is 78.9 Å². The van der Waals surface area contributed by atoms with Crippen LogP contribution < -0.4 is 4.74 Å². The average Bonchev–Trinajstić information content (AvgIpc) is 2.68. The Balaban J connectivity index is 1.66. The normalized spacial score (nSPS) is 11.9. The van der Waals surface area contributed by atoms with Crippen molar-refractivity contribution in [3.63, 3.8) is 0 Å². The van der Waals surface area contributed by atoms with E-state index in [0.717, 1.165) is 25.0 Å². The van der Waals surface area contributed by atoms with Crippen LogP contribution in [0.4, 0.5) is 0 Å². The molecule has 0 aliphatic heterocycles. The highest BCUT2D eigenvalue weighted by atomic mass is 16.5. The van der Waals surface area contributed by atoms with E-state index in [0.29, 0.717) is 6.61 Å². The quantitative estimate of drug-likeness (QED) is 0.572. The third kappa shape index (κ3) is 5.21. The molecule has 3 rings (SSSR count). The maximum absolute atomic E-state index is 9.47. The summed E-state index contributed by atoms with van der Waals surface area (Å²) in [6.45, 7) is 2.43. The molecule has 0 amide bonds. The van der Waals surface area contributed by atoms with Gasteiger partial charge in [-0.05, 0) is 60.6 Å². The summed E-state index contributed by atoms with van der Waals surface area (Å²) in [4.78, 5) is 0. The third-order valence-corrected chi connectivity index (χ3v) is 4.50. The smallest absolute Gasteiger partial charge is 0.119 e. The van der Waals surface area contributed by atoms with Gasteiger partial charge in [0.15, 0.2) is 0 Å². The van der Waals surface area contributed by atoms with Crippen LogP contribution in [0.3, 0.4) is 0 Å². The van der Waals surface area contributed by atoms with Crippen molar-refractivity contribution in [2.75, 3.05) is 0 Å². The minimum Gasteiger partial charge on any atom is -0.489 e. The second kappa shape index (κ2) is 9.21. The van der Waals surface area contributed by atoms with Crippen molar-refractivity contribution in [3.05, 3.63) is 90.0 Å². The van der Waals surface area contributed by atoms with Crippen LogP contribution in [0, 0.1) is 0 Å². The van der Waals surface area contributed by atoms with Crippen LogP contribution in [-0.2, 0) is 13.0 Å². The summed E-state index contributed by atoms with van der Waals surface area (Å²) in [5.74, 6) is 0.879. The van der Waals surface area contributed by atoms with E-state index in [2.05, 4.69) is 48.5 Å². The van der Waals surface area contributed by atoms with Crippen molar-refractivity contribution in [2.45, 2.75) is 38.9 Å². The monoisotopic (exact) mass is 346 g/mol. The lowest BCUT2D eigenvalue weighted by atomic mass is 9.96. The van der Waals surface area contributed by atoms with Gasteiger partial charge in [-0.3, -0.25) is 0 Å². The second-order valence-corrected chi connectivity index (χ2v) is 6.70. The highest BCUT2D eigenvalue weighted by Crippen LogP contribution is 2.27. The number of aliphatic hydroxyl groups is 1. The Morgan fingerprint density at radius 2 is 1.54 bits per heavy atom. The van der Waals surface area contributed by atoms with Crippen LogP contribution in [0.25, 0.3) is 11.1 Å². The van der Waals surface area contributed by atoms with Crippen LogP contribution >= 0.6 is 0 Å². The molecule has 0 saturated heterocycles. The van der Waals surface area contributed by atoms with Crippen molar-refractivity contribution in [1.82, 2.24) is 0 Å². The molecule has 0 bridgehead atoms. The predicted molar refractivity (Wildman–Crippen MR) is 107 cm³/mol. The molecule has 3 aromatic rings. The summed E-state index contributed by atoms with van der Waals surface area (Å²) in [5, 5.41) is 9.47. The van der Waals surface area contributed by atoms with Crippen molar-refractivity contribution in [3.8, 4) is 16.9 Å². The second-order valence-electron chi connectivity index (χ2n) is 6.70. The number of hydrogen-bond acceptors (Lipinski definition) is 2. The molecule has 1 N–H and O–H groups in total. The van der Waals surface area contributed by atoms with Crippen molar-refractivity contribution in [2.24, 2.45) is 0 Å². The zero-order chi connectivity index (χ0) is 18.2. The summed E-state index contributed by atoms with van der Waals surface area (Å²) < 4.78 is 5.88. The molecule has 0 spiro atoms. The fraction of sp³-hybridized carbons (Fsp3) is 0.250. The van der Waals surface area contributed by atoms with Gasteiger partial charge >= 0.3 is 0 Å². The Labute approximate surface area is 156 Å². The van der Waals surface area contributed by atoms with Gasteiger partial charge in [0, 0.05) is 0 Å². The van der Waals surface area contributed by atoms with Gasteiger partial charge in [0.2, 0.25) is 0 Å². The Morgan fingerprint density at radius 1 is 0.846 bits per heavy atom. The molecule has 0 aliphatic rings. The summed E-state index contributed by atoms with van der Waals surface area (Å²) in [5.41, 5.74) is 4.95. The molecule has 0 aliphatic carbocycles. The van der Waals surface area contributed by atoms with E-state index in [1.54, 1.807) is 0 Å². The fourth-order valence-corrected chi connectivity index (χ4v) is 3.08. The molecule has 3 aromatic carbocycles. The maximum atomic E-state index is 9.47. The Bertz CT molecular complexity index is 792. The standard InChI is InChI=1S/C24H26O2/c1-19(25)8-7-12-21-11-5-6-13-24(21)22-14-16-23(17-15-22)26-18-20-9-3-2-4-10-20/h2-6,9-11,13-17,19,25H,7-8,12,18H2,1H3. The van der Waals surface area contributed by atoms with Crippen LogP contribution in [0.5, 0.6) is 5.75 Å². The molecule has 0 radical (unpaired) electrons. The van der Waals surface area contributed by atoms with Crippen LogP contribution in [0.1, 0.15) is 30.9 Å². The van der Waals surface area contributed by atoms with Crippen molar-refractivity contribution < 1.29 is 9.84 Å². The van der Waals surface area contributed by atoms with E-state index in [4.69, 9.17) is 4.74 Å². The molecule has 0 aromatic heterocycles. The number of aliphatic hydroxyl groups excluding tert-OH is 1. The van der Waals surface area contributed by atoms with Crippen molar-refractivity contribution in [1.29, 1.82) is 0 Å². The van der Waals surface area contributed by atoms with E-state index in [1.165, 1.54) is 22.3 Å². The molecule has 2 nitrogen and oxygen atoms in total. The van der Waals surface area contributed by atoms with E-state index < -0.39 is 0 Å². The molecular formula is C24H26O2. The first-order valence-corrected chi connectivity index (χ1v) is 9.25. The summed E-state index contributed by atoms with van der Waals surface area (Å²) in [7, 11) is 0. The first-order chi connectivity index (χ1) is 12.7. The Morgan fingerprint density at radius 3 is 2.27 bits per heavy atom. The number of hydrogen-bond donors (Lipinski definition) is 1. The van der Waals surface area contributed by atoms with Crippen LogP contribution in [-0.4, -0.2) is 11.2 Å². The van der Waals surface area contributed by atoms with Gasteiger partial charge in [-0.2, -0.15) is 0 Å². The number of rotatable bonds is 8. The largest absolute Gasteiger partial charge is 0.489 e. The summed E-state index contributed by atoms with van der Waals surface area (Å²) in [6.07, 6.45) is 2.57. The first-order valence-electron chi connectivity index (χ1n) is 9.25. The third-order valence-electron chi connectivity index (χ3n) is 4.50. The minimum absolute atomic E-state index is 0.233. The number of ether oxygens (including phenoxy) is 1. The topological polar surface area (TPSA) is 29.5 Å². The van der Waals surface area contributed by atoms with Gasteiger partial charge < -0.3 is 9.84 Å². The fourth-order valence-electron chi connectivity index (χ4n) is 3.08. The maximum Gasteiger partial charge on any atom is 0.119 e. The van der Waals surface area contributed by atoms with Gasteiger partial charge in [-0.25, -0.2) is 0 Å². The molecule has 0 heterocycles. The number of benzene rings is 3. The van der Waals surface area contributed by atoms with E-state index in [-0.39, 0.29) is 6.10 Å². The SMILES string of the molecule is CC(O)CCCc1ccccc1-c1ccc(OCc2ccccc2)cc1. The van der Waals surface area contributed by atoms with Gasteiger partial charge in [-0.15, -0.1) is 0 Å². The van der Waals surface area contributed by atoms with Gasteiger partial charge in [-0.1, -0.05) is 66.7 Å². The highest BCUT2D eigenvalue weighted by molar-refractivity contribution is 5.68. The van der Waals surface area contributed by atoms with Crippen LogP contribution in [0.2, 0.25) is 0 Å². The summed E-state index contributed by atoms with van der Waals surface area (Å²) in [6, 6.07) is 27.0. The van der Waals surface area contributed by atoms with Gasteiger partial charge in [0.25, 0.3) is 0 Å². The van der Waals surface area contributed by atoms with Crippen molar-refractivity contribution >= 4 is 0 Å². The molecule has 26 heavy (non-hydrogen) atoms. The molecule has 134 valence electrons. The first kappa shape index (κ1) is 18.2. The predicted octanol–water partition coefficient (Wildman–Crippen LogP) is 5.64. The number of aryl methyl sites for hydroxylation is 1. The zero-order valence-corrected chi connectivity index (χ0v) is 15.3. The Kier molecular flexibility index (Phi) is 6.45. The molecule has 2 heteroatoms. The minimum atomic E-state index is -0.233. The molecule has 0 saturated carbocycles. The Hall–Kier alpha value is -2.58. The van der Waals surface area contributed by atoms with Gasteiger partial charge in [0.1, 0.15) is 12.4 Å². The molecule has 1 unspecified atom stereocenters. The highest BCUT2D eigenvalue weighted by Gasteiger charge is 2.06. The van der Waals surface area contributed by atoms with E-state index >= 15 is 0 Å². The van der Waals surface area contributed by atoms with E-state index in [9.17, 15) is 5.11 Å². The summed E-state index contributed by atoms with van der Waals surface area (Å²) >= 11 is 0. The molecule has 1 atom stereocenters. The lowest BCUT2D eigenvalue weighted by Crippen LogP contribution is -2.00. The lowest BCUT2D eigenvalue weighted by Gasteiger charge is -2.12. The van der Waals surface area contributed by atoms with E-state index in [1.807, 2.05) is 37.3 Å².